The second kappa shape index (κ2) is 10.8. The standard InChI is InChI=1S/C24H32N2O5/c1-23(2,21(27)29-5)24(3,4)26-22(28)25-19-11-9-10-18(16-19)17-30-14-15-31-20-12-7-6-8-13-20/h6-13,16H,14-15,17H2,1-5H3,(H2,25,26,28). The summed E-state index contributed by atoms with van der Waals surface area (Å²) >= 11 is 0. The van der Waals surface area contributed by atoms with Crippen molar-refractivity contribution in [1.82, 2.24) is 5.32 Å². The van der Waals surface area contributed by atoms with E-state index in [2.05, 4.69) is 10.6 Å². The van der Waals surface area contributed by atoms with Crippen molar-refractivity contribution in [1.29, 1.82) is 0 Å². The molecule has 0 saturated carbocycles. The fourth-order valence-corrected chi connectivity index (χ4v) is 2.78. The SMILES string of the molecule is COC(=O)C(C)(C)C(C)(C)NC(=O)Nc1cccc(COCCOc2ccccc2)c1. The van der Waals surface area contributed by atoms with Crippen LogP contribution in [0.2, 0.25) is 0 Å². The van der Waals surface area contributed by atoms with Gasteiger partial charge >= 0.3 is 12.0 Å². The van der Waals surface area contributed by atoms with Gasteiger partial charge in [-0.05, 0) is 57.5 Å². The molecular formula is C24H32N2O5. The first-order valence-electron chi connectivity index (χ1n) is 10.2. The number of urea groups is 1. The molecule has 0 radical (unpaired) electrons. The van der Waals surface area contributed by atoms with Gasteiger partial charge in [-0.15, -0.1) is 0 Å². The van der Waals surface area contributed by atoms with Gasteiger partial charge in [-0.2, -0.15) is 0 Å². The molecule has 2 rings (SSSR count). The van der Waals surface area contributed by atoms with Gasteiger partial charge in [-0.3, -0.25) is 4.79 Å². The lowest BCUT2D eigenvalue weighted by molar-refractivity contribution is -0.154. The number of hydrogen-bond acceptors (Lipinski definition) is 5. The molecule has 0 aliphatic heterocycles. The van der Waals surface area contributed by atoms with Crippen LogP contribution in [0, 0.1) is 5.41 Å². The number of carbonyl (C=O) groups excluding carboxylic acids is 2. The molecule has 168 valence electrons. The van der Waals surface area contributed by atoms with Crippen LogP contribution in [0.5, 0.6) is 5.75 Å². The number of para-hydroxylation sites is 1. The molecule has 0 aliphatic carbocycles. The Balaban J connectivity index is 1.83. The number of nitrogens with one attached hydrogen (secondary N) is 2. The summed E-state index contributed by atoms with van der Waals surface area (Å²) < 4.78 is 16.1. The Morgan fingerprint density at radius 2 is 1.65 bits per heavy atom. The Bertz CT molecular complexity index is 865. The van der Waals surface area contributed by atoms with E-state index in [1.54, 1.807) is 33.8 Å². The molecule has 0 atom stereocenters. The van der Waals surface area contributed by atoms with Crippen molar-refractivity contribution in [3.8, 4) is 5.75 Å². The summed E-state index contributed by atoms with van der Waals surface area (Å²) in [6, 6.07) is 16.6. The van der Waals surface area contributed by atoms with Gasteiger partial charge in [0.15, 0.2) is 0 Å². The van der Waals surface area contributed by atoms with Crippen molar-refractivity contribution in [2.24, 2.45) is 5.41 Å². The van der Waals surface area contributed by atoms with E-state index in [1.165, 1.54) is 7.11 Å². The molecule has 31 heavy (non-hydrogen) atoms. The first-order chi connectivity index (χ1) is 14.7. The molecule has 0 unspecified atom stereocenters. The molecule has 0 aliphatic rings. The predicted molar refractivity (Wildman–Crippen MR) is 120 cm³/mol. The summed E-state index contributed by atoms with van der Waals surface area (Å²) in [7, 11) is 1.33. The molecule has 0 bridgehead atoms. The normalized spacial score (nSPS) is 11.5. The minimum atomic E-state index is -0.906. The fourth-order valence-electron chi connectivity index (χ4n) is 2.78. The van der Waals surface area contributed by atoms with Crippen molar-refractivity contribution in [3.05, 3.63) is 60.2 Å². The average molecular weight is 429 g/mol. The van der Waals surface area contributed by atoms with Gasteiger partial charge in [0.2, 0.25) is 0 Å². The first-order valence-corrected chi connectivity index (χ1v) is 10.2. The van der Waals surface area contributed by atoms with E-state index in [1.807, 2.05) is 48.5 Å². The first kappa shape index (κ1) is 24.2. The van der Waals surface area contributed by atoms with Gasteiger partial charge in [-0.1, -0.05) is 30.3 Å². The minimum Gasteiger partial charge on any atom is -0.491 e. The number of amides is 2. The highest BCUT2D eigenvalue weighted by Crippen LogP contribution is 2.31. The lowest BCUT2D eigenvalue weighted by Gasteiger charge is -2.39. The molecule has 0 spiro atoms. The summed E-state index contributed by atoms with van der Waals surface area (Å²) in [6.45, 7) is 8.34. The number of benzene rings is 2. The van der Waals surface area contributed by atoms with Crippen LogP contribution in [0.3, 0.4) is 0 Å². The van der Waals surface area contributed by atoms with Crippen molar-refractivity contribution in [3.63, 3.8) is 0 Å². The van der Waals surface area contributed by atoms with E-state index < -0.39 is 23.0 Å². The average Bonchev–Trinajstić information content (AvgIpc) is 2.73. The number of carbonyl (C=O) groups is 2. The van der Waals surface area contributed by atoms with Crippen LogP contribution in [-0.4, -0.2) is 37.9 Å². The Kier molecular flexibility index (Phi) is 8.45. The van der Waals surface area contributed by atoms with Gasteiger partial charge < -0.3 is 24.8 Å². The molecule has 7 heteroatoms. The van der Waals surface area contributed by atoms with Crippen molar-refractivity contribution < 1.29 is 23.8 Å². The topological polar surface area (TPSA) is 85.9 Å². The Morgan fingerprint density at radius 1 is 0.935 bits per heavy atom. The monoisotopic (exact) mass is 428 g/mol. The summed E-state index contributed by atoms with van der Waals surface area (Å²) in [5.41, 5.74) is -0.183. The highest BCUT2D eigenvalue weighted by Gasteiger charge is 2.45. The van der Waals surface area contributed by atoms with Crippen LogP contribution in [0.25, 0.3) is 0 Å². The zero-order chi connectivity index (χ0) is 22.9. The Hall–Kier alpha value is -3.06. The molecule has 0 heterocycles. The molecule has 2 amide bonds. The maximum Gasteiger partial charge on any atom is 0.319 e. The maximum atomic E-state index is 12.5. The molecular weight excluding hydrogens is 396 g/mol. The van der Waals surface area contributed by atoms with E-state index in [0.717, 1.165) is 11.3 Å². The minimum absolute atomic E-state index is 0.395. The molecule has 2 aromatic rings. The van der Waals surface area contributed by atoms with Crippen molar-refractivity contribution >= 4 is 17.7 Å². The predicted octanol–water partition coefficient (Wildman–Crippen LogP) is 4.38. The van der Waals surface area contributed by atoms with Crippen LogP contribution in [-0.2, 0) is 20.9 Å². The molecule has 2 N–H and O–H groups in total. The molecule has 7 nitrogen and oxygen atoms in total. The highest BCUT2D eigenvalue weighted by atomic mass is 16.5. The number of esters is 1. The van der Waals surface area contributed by atoms with Gasteiger partial charge in [0.1, 0.15) is 12.4 Å². The highest BCUT2D eigenvalue weighted by molar-refractivity contribution is 5.90. The van der Waals surface area contributed by atoms with Gasteiger partial charge in [0.05, 0.1) is 31.3 Å². The quantitative estimate of drug-likeness (QED) is 0.433. The van der Waals surface area contributed by atoms with Crippen LogP contribution in [0.1, 0.15) is 33.3 Å². The second-order valence-electron chi connectivity index (χ2n) is 8.24. The van der Waals surface area contributed by atoms with E-state index in [0.29, 0.717) is 25.5 Å². The van der Waals surface area contributed by atoms with Gasteiger partial charge in [0, 0.05) is 5.69 Å². The maximum absolute atomic E-state index is 12.5. The third-order valence-electron chi connectivity index (χ3n) is 5.38. The van der Waals surface area contributed by atoms with Crippen LogP contribution in [0.15, 0.2) is 54.6 Å². The third-order valence-corrected chi connectivity index (χ3v) is 5.38. The van der Waals surface area contributed by atoms with E-state index >= 15 is 0 Å². The van der Waals surface area contributed by atoms with E-state index in [-0.39, 0.29) is 0 Å². The molecule has 0 aromatic heterocycles. The Morgan fingerprint density at radius 3 is 2.32 bits per heavy atom. The smallest absolute Gasteiger partial charge is 0.319 e. The largest absolute Gasteiger partial charge is 0.491 e. The number of hydrogen-bond donors (Lipinski definition) is 2. The van der Waals surface area contributed by atoms with Crippen LogP contribution < -0.4 is 15.4 Å². The third kappa shape index (κ3) is 7.00. The zero-order valence-electron chi connectivity index (χ0n) is 18.9. The van der Waals surface area contributed by atoms with Gasteiger partial charge in [-0.25, -0.2) is 4.79 Å². The van der Waals surface area contributed by atoms with Crippen LogP contribution >= 0.6 is 0 Å². The lowest BCUT2D eigenvalue weighted by Crippen LogP contribution is -2.58. The summed E-state index contributed by atoms with van der Waals surface area (Å²) in [5.74, 6) is 0.412. The second-order valence-corrected chi connectivity index (χ2v) is 8.24. The zero-order valence-corrected chi connectivity index (χ0v) is 18.9. The summed E-state index contributed by atoms with van der Waals surface area (Å²) in [6.07, 6.45) is 0. The molecule has 0 saturated heterocycles. The summed E-state index contributed by atoms with van der Waals surface area (Å²) in [5, 5.41) is 5.66. The van der Waals surface area contributed by atoms with Crippen molar-refractivity contribution in [2.45, 2.75) is 39.8 Å². The van der Waals surface area contributed by atoms with E-state index in [9.17, 15) is 9.59 Å². The number of anilines is 1. The summed E-state index contributed by atoms with van der Waals surface area (Å²) in [4.78, 5) is 24.6. The molecule has 0 fully saturated rings. The van der Waals surface area contributed by atoms with Crippen molar-refractivity contribution in [2.75, 3.05) is 25.6 Å². The van der Waals surface area contributed by atoms with Crippen LogP contribution in [0.4, 0.5) is 10.5 Å². The molecule has 2 aromatic carbocycles. The number of methoxy groups -OCH3 is 1. The van der Waals surface area contributed by atoms with Gasteiger partial charge in [0.25, 0.3) is 0 Å². The lowest BCUT2D eigenvalue weighted by atomic mass is 9.74. The number of rotatable bonds is 10. The number of ether oxygens (including phenoxy) is 3. The Labute approximate surface area is 184 Å². The van der Waals surface area contributed by atoms with E-state index in [4.69, 9.17) is 14.2 Å². The fraction of sp³-hybridized carbons (Fsp3) is 0.417.